The largest absolute Gasteiger partial charge is 0.493 e. The van der Waals surface area contributed by atoms with Crippen molar-refractivity contribution in [1.29, 1.82) is 0 Å². The van der Waals surface area contributed by atoms with Crippen molar-refractivity contribution in [2.75, 3.05) is 7.11 Å². The Balaban J connectivity index is 1.70. The topological polar surface area (TPSA) is 102 Å². The van der Waals surface area contributed by atoms with Crippen molar-refractivity contribution in [1.82, 2.24) is 9.99 Å². The molecule has 0 aliphatic carbocycles. The lowest BCUT2D eigenvalue weighted by Gasteiger charge is -2.14. The van der Waals surface area contributed by atoms with Gasteiger partial charge >= 0.3 is 5.97 Å². The average Bonchev–Trinajstić information content (AvgIpc) is 3.12. The van der Waals surface area contributed by atoms with Crippen LogP contribution in [0.4, 0.5) is 0 Å². The third-order valence-electron chi connectivity index (χ3n) is 4.86. The second kappa shape index (κ2) is 9.82. The number of nitrogens with zero attached hydrogens (tertiary/aromatic N) is 2. The third-order valence-corrected chi connectivity index (χ3v) is 4.86. The Hall–Kier alpha value is -4.07. The standard InChI is InChI=1S/C24H25N3O5/c1-15-8-9-16(2)27(15)20-7-5-6-19(13-20)23(28)26-25-14-18-10-11-21(22(12-18)31-4)32-17(3)24(29)30/h5-14,17H,1-4H3,(H,26,28)(H,29,30)/b25-14-/t17-/m0/s1. The zero-order chi connectivity index (χ0) is 23.3. The predicted octanol–water partition coefficient (Wildman–Crippen LogP) is 3.72. The highest BCUT2D eigenvalue weighted by atomic mass is 16.5. The van der Waals surface area contributed by atoms with Crippen LogP contribution in [0.25, 0.3) is 5.69 Å². The molecule has 32 heavy (non-hydrogen) atoms. The number of hydrogen-bond donors (Lipinski definition) is 2. The molecule has 0 spiro atoms. The molecular weight excluding hydrogens is 410 g/mol. The first kappa shape index (κ1) is 22.6. The third kappa shape index (κ3) is 5.15. The van der Waals surface area contributed by atoms with E-state index in [1.807, 2.05) is 44.2 Å². The van der Waals surface area contributed by atoms with E-state index in [9.17, 15) is 9.59 Å². The molecule has 8 nitrogen and oxygen atoms in total. The van der Waals surface area contributed by atoms with Gasteiger partial charge in [-0.05, 0) is 74.9 Å². The number of hydrogen-bond acceptors (Lipinski definition) is 5. The Morgan fingerprint density at radius 3 is 2.44 bits per heavy atom. The average molecular weight is 435 g/mol. The van der Waals surface area contributed by atoms with E-state index in [1.54, 1.807) is 24.3 Å². The number of amides is 1. The Labute approximate surface area is 186 Å². The molecule has 0 aliphatic rings. The molecule has 2 N–H and O–H groups in total. The molecule has 3 aromatic rings. The zero-order valence-corrected chi connectivity index (χ0v) is 18.3. The lowest BCUT2D eigenvalue weighted by molar-refractivity contribution is -0.144. The maximum absolute atomic E-state index is 12.6. The van der Waals surface area contributed by atoms with Crippen LogP contribution in [-0.4, -0.2) is 41.0 Å². The van der Waals surface area contributed by atoms with Crippen LogP contribution in [0.2, 0.25) is 0 Å². The van der Waals surface area contributed by atoms with E-state index in [4.69, 9.17) is 14.6 Å². The van der Waals surface area contributed by atoms with Gasteiger partial charge in [-0.3, -0.25) is 4.79 Å². The van der Waals surface area contributed by atoms with Crippen LogP contribution >= 0.6 is 0 Å². The molecule has 1 heterocycles. The molecule has 0 saturated heterocycles. The van der Waals surface area contributed by atoms with Crippen LogP contribution in [0, 0.1) is 13.8 Å². The maximum Gasteiger partial charge on any atom is 0.344 e. The number of nitrogens with one attached hydrogen (secondary N) is 1. The fourth-order valence-electron chi connectivity index (χ4n) is 3.19. The smallest absolute Gasteiger partial charge is 0.344 e. The number of rotatable bonds is 8. The summed E-state index contributed by atoms with van der Waals surface area (Å²) in [6, 6.07) is 16.3. The molecule has 1 atom stereocenters. The van der Waals surface area contributed by atoms with Gasteiger partial charge in [-0.15, -0.1) is 0 Å². The molecule has 1 amide bonds. The van der Waals surface area contributed by atoms with E-state index in [2.05, 4.69) is 15.1 Å². The number of carbonyl (C=O) groups is 2. The summed E-state index contributed by atoms with van der Waals surface area (Å²) in [6.45, 7) is 5.45. The van der Waals surface area contributed by atoms with Crippen LogP contribution in [0.3, 0.4) is 0 Å². The highest BCUT2D eigenvalue weighted by molar-refractivity contribution is 5.95. The van der Waals surface area contributed by atoms with Crippen molar-refractivity contribution in [3.63, 3.8) is 0 Å². The van der Waals surface area contributed by atoms with Crippen LogP contribution in [0.5, 0.6) is 11.5 Å². The summed E-state index contributed by atoms with van der Waals surface area (Å²) < 4.78 is 12.7. The lowest BCUT2D eigenvalue weighted by Crippen LogP contribution is -2.23. The van der Waals surface area contributed by atoms with Crippen molar-refractivity contribution in [3.8, 4) is 17.2 Å². The van der Waals surface area contributed by atoms with Gasteiger partial charge in [0.15, 0.2) is 17.6 Å². The lowest BCUT2D eigenvalue weighted by atomic mass is 10.2. The van der Waals surface area contributed by atoms with E-state index >= 15 is 0 Å². The Bertz CT molecular complexity index is 1150. The number of ether oxygens (including phenoxy) is 2. The zero-order valence-electron chi connectivity index (χ0n) is 18.3. The van der Waals surface area contributed by atoms with Crippen LogP contribution < -0.4 is 14.9 Å². The fraction of sp³-hybridized carbons (Fsp3) is 0.208. The molecule has 8 heteroatoms. The summed E-state index contributed by atoms with van der Waals surface area (Å²) in [4.78, 5) is 23.5. The van der Waals surface area contributed by atoms with Crippen molar-refractivity contribution in [3.05, 3.63) is 77.1 Å². The summed E-state index contributed by atoms with van der Waals surface area (Å²) in [6.07, 6.45) is 0.451. The van der Waals surface area contributed by atoms with Crippen LogP contribution in [-0.2, 0) is 4.79 Å². The number of carbonyl (C=O) groups excluding carboxylic acids is 1. The normalized spacial score (nSPS) is 11.9. The highest BCUT2D eigenvalue weighted by Crippen LogP contribution is 2.28. The number of aliphatic carboxylic acids is 1. The van der Waals surface area contributed by atoms with E-state index in [-0.39, 0.29) is 5.91 Å². The summed E-state index contributed by atoms with van der Waals surface area (Å²) in [5.41, 5.74) is 6.71. The fourth-order valence-corrected chi connectivity index (χ4v) is 3.19. The van der Waals surface area contributed by atoms with Gasteiger partial charge in [0.2, 0.25) is 0 Å². The first-order valence-corrected chi connectivity index (χ1v) is 9.96. The summed E-state index contributed by atoms with van der Waals surface area (Å²) in [5, 5.41) is 13.0. The molecule has 166 valence electrons. The molecule has 3 rings (SSSR count). The van der Waals surface area contributed by atoms with Gasteiger partial charge in [0, 0.05) is 22.6 Å². The molecular formula is C24H25N3O5. The number of hydrazone groups is 1. The van der Waals surface area contributed by atoms with Gasteiger partial charge in [0.05, 0.1) is 13.3 Å². The van der Waals surface area contributed by atoms with Gasteiger partial charge < -0.3 is 19.1 Å². The second-order valence-electron chi connectivity index (χ2n) is 7.21. The summed E-state index contributed by atoms with van der Waals surface area (Å²) >= 11 is 0. The Morgan fingerprint density at radius 2 is 1.78 bits per heavy atom. The summed E-state index contributed by atoms with van der Waals surface area (Å²) in [7, 11) is 1.46. The highest BCUT2D eigenvalue weighted by Gasteiger charge is 2.15. The first-order chi connectivity index (χ1) is 15.3. The minimum atomic E-state index is -1.08. The van der Waals surface area contributed by atoms with Gasteiger partial charge in [-0.1, -0.05) is 6.07 Å². The van der Waals surface area contributed by atoms with Crippen LogP contribution in [0.1, 0.15) is 34.2 Å². The van der Waals surface area contributed by atoms with E-state index in [1.165, 1.54) is 20.2 Å². The maximum atomic E-state index is 12.6. The van der Waals surface area contributed by atoms with Gasteiger partial charge in [-0.25, -0.2) is 10.2 Å². The Kier molecular flexibility index (Phi) is 6.94. The second-order valence-corrected chi connectivity index (χ2v) is 7.21. The molecule has 2 aromatic carbocycles. The predicted molar refractivity (Wildman–Crippen MR) is 121 cm³/mol. The first-order valence-electron chi connectivity index (χ1n) is 9.96. The molecule has 0 fully saturated rings. The minimum absolute atomic E-state index is 0.302. The summed E-state index contributed by atoms with van der Waals surface area (Å²) in [5.74, 6) is -0.756. The van der Waals surface area contributed by atoms with E-state index < -0.39 is 12.1 Å². The minimum Gasteiger partial charge on any atom is -0.493 e. The number of methoxy groups -OCH3 is 1. The van der Waals surface area contributed by atoms with Crippen molar-refractivity contribution in [2.24, 2.45) is 5.10 Å². The molecule has 0 aliphatic heterocycles. The molecule has 0 unspecified atom stereocenters. The number of carboxylic acids is 1. The Morgan fingerprint density at radius 1 is 1.06 bits per heavy atom. The van der Waals surface area contributed by atoms with Gasteiger partial charge in [0.1, 0.15) is 0 Å². The van der Waals surface area contributed by atoms with Crippen molar-refractivity contribution in [2.45, 2.75) is 26.9 Å². The van der Waals surface area contributed by atoms with Crippen molar-refractivity contribution >= 4 is 18.1 Å². The quantitative estimate of drug-likeness (QED) is 0.415. The number of carboxylic acid groups (broad SMARTS) is 1. The molecule has 1 aromatic heterocycles. The molecule has 0 radical (unpaired) electrons. The van der Waals surface area contributed by atoms with E-state index in [0.29, 0.717) is 22.6 Å². The van der Waals surface area contributed by atoms with Gasteiger partial charge in [0.25, 0.3) is 5.91 Å². The molecule has 0 bridgehead atoms. The number of benzene rings is 2. The van der Waals surface area contributed by atoms with Crippen LogP contribution in [0.15, 0.2) is 59.7 Å². The number of aromatic nitrogens is 1. The molecule has 0 saturated carbocycles. The number of aryl methyl sites for hydroxylation is 2. The SMILES string of the molecule is COc1cc(/C=N\NC(=O)c2cccc(-n3c(C)ccc3C)c2)ccc1O[C@@H](C)C(=O)O. The monoisotopic (exact) mass is 435 g/mol. The van der Waals surface area contributed by atoms with Gasteiger partial charge in [-0.2, -0.15) is 5.10 Å². The van der Waals surface area contributed by atoms with Crippen molar-refractivity contribution < 1.29 is 24.2 Å². The van der Waals surface area contributed by atoms with E-state index in [0.717, 1.165) is 17.1 Å².